The van der Waals surface area contributed by atoms with Gasteiger partial charge in [0.1, 0.15) is 5.69 Å². The van der Waals surface area contributed by atoms with Crippen molar-refractivity contribution in [1.29, 1.82) is 0 Å². The summed E-state index contributed by atoms with van der Waals surface area (Å²) in [7, 11) is 2.14. The zero-order chi connectivity index (χ0) is 22.4. The van der Waals surface area contributed by atoms with Crippen molar-refractivity contribution in [3.63, 3.8) is 0 Å². The maximum atomic E-state index is 3.78. The fourth-order valence-corrected chi connectivity index (χ4v) is 4.76. The fraction of sp³-hybridized carbons (Fsp3) is 0.0645. The van der Waals surface area contributed by atoms with E-state index in [0.717, 1.165) is 28.2 Å². The van der Waals surface area contributed by atoms with E-state index in [1.807, 2.05) is 6.07 Å². The van der Waals surface area contributed by atoms with Crippen molar-refractivity contribution < 1.29 is 37.3 Å². The second-order valence-corrected chi connectivity index (χ2v) is 8.41. The summed E-state index contributed by atoms with van der Waals surface area (Å²) in [6.45, 7) is 2.16. The number of fused-ring (bicyclic) bond motifs is 2. The molecule has 0 aliphatic rings. The van der Waals surface area contributed by atoms with Crippen LogP contribution >= 0.6 is 0 Å². The predicted octanol–water partition coefficient (Wildman–Crippen LogP) is 6.85. The molecule has 0 aliphatic heterocycles. The van der Waals surface area contributed by atoms with E-state index in [-0.39, 0.29) is 32.7 Å². The van der Waals surface area contributed by atoms with Gasteiger partial charge < -0.3 is 0 Å². The molecule has 5 aromatic carbocycles. The van der Waals surface area contributed by atoms with Crippen molar-refractivity contribution in [1.82, 2.24) is 4.57 Å². The number of imidazole rings is 1. The molecule has 161 valence electrons. The Bertz CT molecular complexity index is 1630. The van der Waals surface area contributed by atoms with Gasteiger partial charge in [0.15, 0.2) is 11.0 Å². The van der Waals surface area contributed by atoms with Crippen LogP contribution < -0.4 is 4.57 Å². The summed E-state index contributed by atoms with van der Waals surface area (Å²) in [6.07, 6.45) is 0. The third kappa shape index (κ3) is 3.72. The molecule has 2 nitrogen and oxygen atoms in total. The summed E-state index contributed by atoms with van der Waals surface area (Å²) >= 11 is 0. The van der Waals surface area contributed by atoms with Gasteiger partial charge in [-0.15, -0.1) is 34.5 Å². The first-order valence-electron chi connectivity index (χ1n) is 11.2. The van der Waals surface area contributed by atoms with Gasteiger partial charge in [-0.25, -0.2) is 10.1 Å². The molecule has 1 radical (unpaired) electrons. The number of aromatic nitrogens is 2. The minimum atomic E-state index is 0. The molecule has 0 spiro atoms. The van der Waals surface area contributed by atoms with Gasteiger partial charge in [-0.1, -0.05) is 55.5 Å². The van der Waals surface area contributed by atoms with Crippen molar-refractivity contribution in [2.45, 2.75) is 6.92 Å². The van der Waals surface area contributed by atoms with E-state index >= 15 is 0 Å². The Morgan fingerprint density at radius 2 is 1.47 bits per heavy atom. The molecule has 0 N–H and O–H groups in total. The Balaban J connectivity index is 0.00000241. The molecule has 1 aromatic heterocycles. The first-order valence-corrected chi connectivity index (χ1v) is 11.2. The SMILES string of the molecule is Cc1ccc(-c2[c-]ccc3ccccc23)[c-]c1-c1n(-c2ccccc2)c2ccccc2[n+]1C.[Y]. The normalized spacial score (nSPS) is 11.0. The van der Waals surface area contributed by atoms with Crippen molar-refractivity contribution in [2.75, 3.05) is 0 Å². The second kappa shape index (κ2) is 9.29. The van der Waals surface area contributed by atoms with Gasteiger partial charge in [-0.05, 0) is 29.8 Å². The molecule has 0 saturated heterocycles. The third-order valence-electron chi connectivity index (χ3n) is 6.40. The van der Waals surface area contributed by atoms with Crippen LogP contribution in [0.5, 0.6) is 0 Å². The van der Waals surface area contributed by atoms with Gasteiger partial charge >= 0.3 is 0 Å². The fourth-order valence-electron chi connectivity index (χ4n) is 4.76. The van der Waals surface area contributed by atoms with E-state index in [2.05, 4.69) is 132 Å². The standard InChI is InChI=1S/C31H23N2.Y/c1-22-19-20-24(27-16-10-12-23-11-6-7-15-26(23)27)21-28(22)31-32(2)29-17-8-9-18-30(29)33(31)25-13-4-3-5-14-25;/h3-15,17-20H,1-2H3;/q-1;. The summed E-state index contributed by atoms with van der Waals surface area (Å²) in [5.41, 5.74) is 7.92. The number of rotatable bonds is 3. The van der Waals surface area contributed by atoms with Gasteiger partial charge in [-0.2, -0.15) is 29.8 Å². The van der Waals surface area contributed by atoms with Crippen LogP contribution in [-0.2, 0) is 39.8 Å². The molecular weight excluding hydrogens is 489 g/mol. The van der Waals surface area contributed by atoms with Crippen molar-refractivity contribution in [3.8, 4) is 28.2 Å². The van der Waals surface area contributed by atoms with Crippen molar-refractivity contribution >= 4 is 21.8 Å². The third-order valence-corrected chi connectivity index (χ3v) is 6.40. The number of nitrogens with zero attached hydrogens (tertiary/aromatic N) is 2. The maximum Gasteiger partial charge on any atom is 0.229 e. The van der Waals surface area contributed by atoms with E-state index < -0.39 is 0 Å². The first kappa shape index (κ1) is 22.7. The predicted molar refractivity (Wildman–Crippen MR) is 135 cm³/mol. The van der Waals surface area contributed by atoms with Gasteiger partial charge in [-0.3, -0.25) is 4.57 Å². The van der Waals surface area contributed by atoms with E-state index in [4.69, 9.17) is 0 Å². The number of para-hydroxylation sites is 3. The molecule has 34 heavy (non-hydrogen) atoms. The van der Waals surface area contributed by atoms with Crippen LogP contribution in [0.1, 0.15) is 5.56 Å². The zero-order valence-electron chi connectivity index (χ0n) is 19.3. The number of benzene rings is 5. The van der Waals surface area contributed by atoms with Crippen LogP contribution in [0.2, 0.25) is 0 Å². The van der Waals surface area contributed by atoms with Crippen LogP contribution in [-0.4, -0.2) is 4.57 Å². The van der Waals surface area contributed by atoms with E-state index in [0.29, 0.717) is 0 Å². The van der Waals surface area contributed by atoms with Gasteiger partial charge in [0.2, 0.25) is 5.82 Å². The average Bonchev–Trinajstić information content (AvgIpc) is 3.17. The van der Waals surface area contributed by atoms with Crippen LogP contribution in [0, 0.1) is 19.1 Å². The molecule has 0 atom stereocenters. The maximum absolute atomic E-state index is 3.78. The molecule has 0 bridgehead atoms. The number of hydrogen-bond acceptors (Lipinski definition) is 0. The molecule has 0 unspecified atom stereocenters. The quantitative estimate of drug-likeness (QED) is 0.181. The topological polar surface area (TPSA) is 8.81 Å². The molecule has 0 saturated carbocycles. The minimum Gasteiger partial charge on any atom is -0.258 e. The Morgan fingerprint density at radius 3 is 2.32 bits per heavy atom. The van der Waals surface area contributed by atoms with Crippen LogP contribution in [0.3, 0.4) is 0 Å². The van der Waals surface area contributed by atoms with Gasteiger partial charge in [0, 0.05) is 32.7 Å². The Kier molecular flexibility index (Phi) is 6.21. The molecule has 0 aliphatic carbocycles. The monoisotopic (exact) mass is 512 g/mol. The molecule has 6 rings (SSSR count). The van der Waals surface area contributed by atoms with Crippen LogP contribution in [0.4, 0.5) is 0 Å². The molecule has 1 heterocycles. The van der Waals surface area contributed by atoms with Crippen LogP contribution in [0.15, 0.2) is 103 Å². The Hall–Kier alpha value is -3.07. The van der Waals surface area contributed by atoms with Gasteiger partial charge in [0.05, 0.1) is 7.05 Å². The summed E-state index contributed by atoms with van der Waals surface area (Å²) in [5.74, 6) is 1.11. The Labute approximate surface area is 225 Å². The molecule has 3 heteroatoms. The van der Waals surface area contributed by atoms with E-state index in [9.17, 15) is 0 Å². The summed E-state index contributed by atoms with van der Waals surface area (Å²) in [6, 6.07) is 43.3. The smallest absolute Gasteiger partial charge is 0.229 e. The molecule has 0 amide bonds. The molecular formula is C31H23N2Y-. The largest absolute Gasteiger partial charge is 0.258 e. The van der Waals surface area contributed by atoms with E-state index in [1.54, 1.807) is 0 Å². The zero-order valence-corrected chi connectivity index (χ0v) is 22.1. The molecule has 0 fully saturated rings. The van der Waals surface area contributed by atoms with Crippen molar-refractivity contribution in [3.05, 3.63) is 121 Å². The number of hydrogen-bond donors (Lipinski definition) is 0. The van der Waals surface area contributed by atoms with Crippen molar-refractivity contribution in [2.24, 2.45) is 7.05 Å². The average molecular weight is 512 g/mol. The summed E-state index contributed by atoms with van der Waals surface area (Å²) in [4.78, 5) is 0. The summed E-state index contributed by atoms with van der Waals surface area (Å²) < 4.78 is 4.61. The van der Waals surface area contributed by atoms with Crippen LogP contribution in [0.25, 0.3) is 50.0 Å². The van der Waals surface area contributed by atoms with Gasteiger partial charge in [0.25, 0.3) is 0 Å². The number of aryl methyl sites for hydroxylation is 2. The first-order chi connectivity index (χ1) is 16.2. The molecule has 6 aromatic rings. The Morgan fingerprint density at radius 1 is 0.735 bits per heavy atom. The second-order valence-electron chi connectivity index (χ2n) is 8.41. The minimum absolute atomic E-state index is 0. The van der Waals surface area contributed by atoms with E-state index in [1.165, 1.54) is 27.4 Å². The summed E-state index contributed by atoms with van der Waals surface area (Å²) in [5, 5.41) is 2.41.